The number of aryl methyl sites for hydroxylation is 1. The molecular weight excluding hydrogens is 438 g/mol. The van der Waals surface area contributed by atoms with E-state index in [1.54, 1.807) is 17.4 Å². The SMILES string of the molecule is C=C1c2ccccc2C(=O)N1CC(=O)N1CCN(CCCc2nc(-c3cccs3)no2)CC1. The fourth-order valence-corrected chi connectivity index (χ4v) is 4.92. The van der Waals surface area contributed by atoms with Gasteiger partial charge in [0.15, 0.2) is 0 Å². The first kappa shape index (κ1) is 21.5. The predicted octanol–water partition coefficient (Wildman–Crippen LogP) is 3.00. The van der Waals surface area contributed by atoms with Gasteiger partial charge in [-0.05, 0) is 30.5 Å². The van der Waals surface area contributed by atoms with Crippen molar-refractivity contribution in [1.82, 2.24) is 24.8 Å². The number of aromatic nitrogens is 2. The van der Waals surface area contributed by atoms with Gasteiger partial charge < -0.3 is 9.42 Å². The summed E-state index contributed by atoms with van der Waals surface area (Å²) >= 11 is 1.59. The first-order valence-corrected chi connectivity index (χ1v) is 11.9. The molecule has 0 atom stereocenters. The summed E-state index contributed by atoms with van der Waals surface area (Å²) < 4.78 is 5.37. The van der Waals surface area contributed by atoms with Crippen molar-refractivity contribution in [2.24, 2.45) is 0 Å². The van der Waals surface area contributed by atoms with Gasteiger partial charge in [0.25, 0.3) is 5.91 Å². The normalized spacial score (nSPS) is 16.5. The van der Waals surface area contributed by atoms with E-state index >= 15 is 0 Å². The van der Waals surface area contributed by atoms with Gasteiger partial charge in [-0.25, -0.2) is 0 Å². The van der Waals surface area contributed by atoms with Crippen molar-refractivity contribution in [3.05, 3.63) is 65.4 Å². The lowest BCUT2D eigenvalue weighted by atomic mass is 10.1. The molecule has 2 aliphatic heterocycles. The molecule has 5 rings (SSSR count). The second kappa shape index (κ2) is 9.29. The van der Waals surface area contributed by atoms with Crippen LogP contribution in [0.1, 0.15) is 28.2 Å². The molecule has 0 radical (unpaired) electrons. The lowest BCUT2D eigenvalue weighted by Crippen LogP contribution is -2.51. The molecule has 4 heterocycles. The molecule has 3 aromatic rings. The quantitative estimate of drug-likeness (QED) is 0.536. The molecule has 2 aliphatic rings. The number of nitrogens with zero attached hydrogens (tertiary/aromatic N) is 5. The van der Waals surface area contributed by atoms with E-state index in [9.17, 15) is 9.59 Å². The zero-order valence-electron chi connectivity index (χ0n) is 18.3. The monoisotopic (exact) mass is 463 g/mol. The van der Waals surface area contributed by atoms with E-state index in [1.807, 2.05) is 40.6 Å². The Labute approximate surface area is 196 Å². The molecule has 0 N–H and O–H groups in total. The van der Waals surface area contributed by atoms with E-state index in [0.29, 0.717) is 36.1 Å². The van der Waals surface area contributed by atoms with E-state index in [1.165, 1.54) is 4.90 Å². The molecule has 1 saturated heterocycles. The summed E-state index contributed by atoms with van der Waals surface area (Å²) in [5.74, 6) is 1.12. The molecule has 0 saturated carbocycles. The highest BCUT2D eigenvalue weighted by Gasteiger charge is 2.33. The van der Waals surface area contributed by atoms with Crippen molar-refractivity contribution in [3.8, 4) is 10.7 Å². The smallest absolute Gasteiger partial charge is 0.259 e. The number of carbonyl (C=O) groups excluding carboxylic acids is 2. The molecule has 170 valence electrons. The minimum absolute atomic E-state index is 0.0378. The van der Waals surface area contributed by atoms with Crippen molar-refractivity contribution in [2.75, 3.05) is 39.3 Å². The molecule has 9 heteroatoms. The topological polar surface area (TPSA) is 82.8 Å². The summed E-state index contributed by atoms with van der Waals surface area (Å²) in [5.41, 5.74) is 2.03. The van der Waals surface area contributed by atoms with Crippen LogP contribution in [0.4, 0.5) is 0 Å². The van der Waals surface area contributed by atoms with Gasteiger partial charge in [-0.2, -0.15) is 4.98 Å². The number of carbonyl (C=O) groups is 2. The maximum absolute atomic E-state index is 12.8. The van der Waals surface area contributed by atoms with E-state index in [2.05, 4.69) is 21.6 Å². The van der Waals surface area contributed by atoms with E-state index in [-0.39, 0.29) is 18.4 Å². The van der Waals surface area contributed by atoms with Crippen LogP contribution in [0.25, 0.3) is 16.4 Å². The number of fused-ring (bicyclic) bond motifs is 1. The average molecular weight is 464 g/mol. The Hall–Kier alpha value is -3.30. The molecule has 1 fully saturated rings. The van der Waals surface area contributed by atoms with Gasteiger partial charge in [0.05, 0.1) is 4.88 Å². The standard InChI is InChI=1S/C24H25N5O3S/c1-17-18-6-2-3-7-19(18)24(31)29(17)16-22(30)28-13-11-27(12-14-28)10-4-9-21-25-23(26-32-21)20-8-5-15-33-20/h2-3,5-8,15H,1,4,9-14,16H2. The summed E-state index contributed by atoms with van der Waals surface area (Å²) in [4.78, 5) is 36.7. The zero-order valence-corrected chi connectivity index (χ0v) is 19.1. The first-order chi connectivity index (χ1) is 16.1. The van der Waals surface area contributed by atoms with Crippen molar-refractivity contribution in [2.45, 2.75) is 12.8 Å². The zero-order chi connectivity index (χ0) is 22.8. The maximum atomic E-state index is 12.8. The van der Waals surface area contributed by atoms with Crippen LogP contribution < -0.4 is 0 Å². The van der Waals surface area contributed by atoms with Gasteiger partial charge in [-0.15, -0.1) is 11.3 Å². The number of piperazine rings is 1. The number of hydrogen-bond donors (Lipinski definition) is 0. The van der Waals surface area contributed by atoms with E-state index in [4.69, 9.17) is 4.52 Å². The van der Waals surface area contributed by atoms with Gasteiger partial charge >= 0.3 is 0 Å². The van der Waals surface area contributed by atoms with Crippen LogP contribution in [0.5, 0.6) is 0 Å². The molecule has 0 spiro atoms. The van der Waals surface area contributed by atoms with Crippen LogP contribution in [0.3, 0.4) is 0 Å². The van der Waals surface area contributed by atoms with Crippen molar-refractivity contribution >= 4 is 28.8 Å². The third-order valence-corrected chi connectivity index (χ3v) is 7.00. The van der Waals surface area contributed by atoms with Crippen LogP contribution in [0.15, 0.2) is 52.9 Å². The number of benzene rings is 1. The van der Waals surface area contributed by atoms with Crippen LogP contribution in [-0.4, -0.2) is 75.9 Å². The Balaban J connectivity index is 1.06. The number of thiophene rings is 1. The second-order valence-electron chi connectivity index (χ2n) is 8.20. The highest BCUT2D eigenvalue weighted by molar-refractivity contribution is 7.13. The van der Waals surface area contributed by atoms with Crippen LogP contribution >= 0.6 is 11.3 Å². The highest BCUT2D eigenvalue weighted by Crippen LogP contribution is 2.31. The molecular formula is C24H25N5O3S. The van der Waals surface area contributed by atoms with Crippen LogP contribution in [0, 0.1) is 0 Å². The largest absolute Gasteiger partial charge is 0.339 e. The van der Waals surface area contributed by atoms with Gasteiger partial charge in [0.1, 0.15) is 6.54 Å². The Bertz CT molecular complexity index is 1130. The Morgan fingerprint density at radius 2 is 1.88 bits per heavy atom. The lowest BCUT2D eigenvalue weighted by Gasteiger charge is -2.35. The van der Waals surface area contributed by atoms with Crippen molar-refractivity contribution < 1.29 is 14.1 Å². The number of amides is 2. The highest BCUT2D eigenvalue weighted by atomic mass is 32.1. The molecule has 1 aromatic carbocycles. The fourth-order valence-electron chi connectivity index (χ4n) is 4.27. The third kappa shape index (κ3) is 4.46. The number of hydrogen-bond acceptors (Lipinski definition) is 7. The number of rotatable bonds is 7. The molecule has 8 nitrogen and oxygen atoms in total. The minimum atomic E-state index is -0.147. The minimum Gasteiger partial charge on any atom is -0.339 e. The summed E-state index contributed by atoms with van der Waals surface area (Å²) in [5, 5.41) is 6.05. The van der Waals surface area contributed by atoms with Gasteiger partial charge in [-0.3, -0.25) is 19.4 Å². The molecule has 0 aliphatic carbocycles. The third-order valence-electron chi connectivity index (χ3n) is 6.13. The average Bonchev–Trinajstić information content (AvgIpc) is 3.58. The second-order valence-corrected chi connectivity index (χ2v) is 9.15. The predicted molar refractivity (Wildman–Crippen MR) is 125 cm³/mol. The van der Waals surface area contributed by atoms with Gasteiger partial charge in [-0.1, -0.05) is 36.0 Å². The lowest BCUT2D eigenvalue weighted by molar-refractivity contribution is -0.133. The van der Waals surface area contributed by atoms with E-state index < -0.39 is 0 Å². The Morgan fingerprint density at radius 3 is 2.61 bits per heavy atom. The summed E-state index contributed by atoms with van der Waals surface area (Å²) in [6, 6.07) is 11.3. The van der Waals surface area contributed by atoms with Crippen molar-refractivity contribution in [1.29, 1.82) is 0 Å². The molecule has 2 amide bonds. The molecule has 0 unspecified atom stereocenters. The summed E-state index contributed by atoms with van der Waals surface area (Å²) in [7, 11) is 0. The van der Waals surface area contributed by atoms with E-state index in [0.717, 1.165) is 42.9 Å². The van der Waals surface area contributed by atoms with Crippen LogP contribution in [0.2, 0.25) is 0 Å². The summed E-state index contributed by atoms with van der Waals surface area (Å²) in [6.07, 6.45) is 1.65. The summed E-state index contributed by atoms with van der Waals surface area (Å²) in [6.45, 7) is 7.91. The van der Waals surface area contributed by atoms with Gasteiger partial charge in [0, 0.05) is 49.4 Å². The van der Waals surface area contributed by atoms with Gasteiger partial charge in [0.2, 0.25) is 17.6 Å². The molecule has 0 bridgehead atoms. The van der Waals surface area contributed by atoms with Crippen molar-refractivity contribution in [3.63, 3.8) is 0 Å². The van der Waals surface area contributed by atoms with Crippen LogP contribution in [-0.2, 0) is 11.2 Å². The Kier molecular flexibility index (Phi) is 6.06. The maximum Gasteiger partial charge on any atom is 0.259 e. The fraction of sp³-hybridized carbons (Fsp3) is 0.333. The first-order valence-electron chi connectivity index (χ1n) is 11.1. The Morgan fingerprint density at radius 1 is 1.09 bits per heavy atom. The molecule has 2 aromatic heterocycles. The molecule has 33 heavy (non-hydrogen) atoms.